The summed E-state index contributed by atoms with van der Waals surface area (Å²) in [5, 5.41) is 11.7. The van der Waals surface area contributed by atoms with E-state index in [1.807, 2.05) is 18.2 Å². The summed E-state index contributed by atoms with van der Waals surface area (Å²) in [6, 6.07) is 11.5. The molecule has 0 aliphatic heterocycles. The predicted octanol–water partition coefficient (Wildman–Crippen LogP) is 4.04. The lowest BCUT2D eigenvalue weighted by molar-refractivity contribution is 0.216. The number of H-pyrrole nitrogens is 1. The van der Waals surface area contributed by atoms with Crippen molar-refractivity contribution in [2.24, 2.45) is 0 Å². The minimum Gasteiger partial charge on any atom is -0.384 e. The summed E-state index contributed by atoms with van der Waals surface area (Å²) in [4.78, 5) is 3.06. The summed E-state index contributed by atoms with van der Waals surface area (Å²) >= 11 is 5.86. The van der Waals surface area contributed by atoms with Gasteiger partial charge in [0.25, 0.3) is 0 Å². The lowest BCUT2D eigenvalue weighted by Crippen LogP contribution is -2.03. The average molecular weight is 276 g/mol. The second kappa shape index (κ2) is 4.68. The smallest absolute Gasteiger partial charge is 0.129 e. The van der Waals surface area contributed by atoms with Crippen LogP contribution in [-0.4, -0.2) is 10.1 Å². The summed E-state index contributed by atoms with van der Waals surface area (Å²) in [6.45, 7) is 0. The first kappa shape index (κ1) is 12.2. The van der Waals surface area contributed by atoms with E-state index in [4.69, 9.17) is 11.6 Å². The lowest BCUT2D eigenvalue weighted by Gasteiger charge is -2.14. The van der Waals surface area contributed by atoms with E-state index in [1.54, 1.807) is 12.3 Å². The lowest BCUT2D eigenvalue weighted by atomic mass is 9.98. The molecule has 0 aliphatic carbocycles. The molecular weight excluding hydrogens is 265 g/mol. The summed E-state index contributed by atoms with van der Waals surface area (Å²) in [5.41, 5.74) is 1.74. The Morgan fingerprint density at radius 1 is 1.11 bits per heavy atom. The van der Waals surface area contributed by atoms with Crippen molar-refractivity contribution < 1.29 is 9.50 Å². The highest BCUT2D eigenvalue weighted by molar-refractivity contribution is 6.30. The van der Waals surface area contributed by atoms with Crippen LogP contribution in [0.15, 0.2) is 48.7 Å². The van der Waals surface area contributed by atoms with Gasteiger partial charge >= 0.3 is 0 Å². The van der Waals surface area contributed by atoms with Crippen molar-refractivity contribution >= 4 is 22.5 Å². The normalized spacial score (nSPS) is 12.8. The Balaban J connectivity index is 2.15. The maximum atomic E-state index is 13.8. The van der Waals surface area contributed by atoms with Gasteiger partial charge in [0, 0.05) is 27.7 Å². The number of aromatic amines is 1. The van der Waals surface area contributed by atoms with Gasteiger partial charge in [-0.25, -0.2) is 4.39 Å². The molecule has 2 aromatic carbocycles. The second-order valence-electron chi connectivity index (χ2n) is 4.35. The molecule has 0 spiro atoms. The number of halogens is 2. The van der Waals surface area contributed by atoms with Crippen LogP contribution in [-0.2, 0) is 0 Å². The molecule has 3 aromatic rings. The van der Waals surface area contributed by atoms with E-state index in [9.17, 15) is 9.50 Å². The molecule has 0 saturated heterocycles. The molecule has 4 heteroatoms. The number of rotatable bonds is 2. The zero-order chi connectivity index (χ0) is 13.4. The van der Waals surface area contributed by atoms with Crippen molar-refractivity contribution in [2.45, 2.75) is 6.10 Å². The third kappa shape index (κ3) is 2.11. The van der Waals surface area contributed by atoms with Crippen LogP contribution in [0.5, 0.6) is 0 Å². The van der Waals surface area contributed by atoms with Gasteiger partial charge in [0.2, 0.25) is 0 Å². The van der Waals surface area contributed by atoms with Crippen molar-refractivity contribution in [1.29, 1.82) is 0 Å². The molecule has 0 fully saturated rings. The molecule has 1 heterocycles. The number of aromatic nitrogens is 1. The topological polar surface area (TPSA) is 36.0 Å². The zero-order valence-electron chi connectivity index (χ0n) is 9.90. The van der Waals surface area contributed by atoms with Crippen molar-refractivity contribution in [2.75, 3.05) is 0 Å². The highest BCUT2D eigenvalue weighted by Gasteiger charge is 2.17. The first-order chi connectivity index (χ1) is 9.16. The highest BCUT2D eigenvalue weighted by atomic mass is 35.5. The van der Waals surface area contributed by atoms with Crippen LogP contribution in [0, 0.1) is 5.82 Å². The Labute approximate surface area is 114 Å². The van der Waals surface area contributed by atoms with Gasteiger partial charge in [-0.15, -0.1) is 0 Å². The molecule has 3 rings (SSSR count). The van der Waals surface area contributed by atoms with Gasteiger partial charge in [0.1, 0.15) is 11.9 Å². The van der Waals surface area contributed by atoms with Crippen LogP contribution >= 0.6 is 11.6 Å². The van der Waals surface area contributed by atoms with E-state index < -0.39 is 11.9 Å². The van der Waals surface area contributed by atoms with Crippen LogP contribution in [0.4, 0.5) is 4.39 Å². The maximum absolute atomic E-state index is 13.8. The van der Waals surface area contributed by atoms with Crippen LogP contribution in [0.1, 0.15) is 17.2 Å². The monoisotopic (exact) mass is 275 g/mol. The van der Waals surface area contributed by atoms with Gasteiger partial charge in [0.15, 0.2) is 0 Å². The Kier molecular flexibility index (Phi) is 3.01. The van der Waals surface area contributed by atoms with Gasteiger partial charge in [-0.1, -0.05) is 23.7 Å². The maximum Gasteiger partial charge on any atom is 0.129 e. The molecular formula is C15H11ClFNO. The number of aliphatic hydroxyl groups excluding tert-OH is 1. The minimum atomic E-state index is -1.04. The molecule has 2 nitrogen and oxygen atoms in total. The van der Waals surface area contributed by atoms with E-state index in [0.717, 1.165) is 10.9 Å². The molecule has 0 saturated carbocycles. The van der Waals surface area contributed by atoms with Gasteiger partial charge in [-0.3, -0.25) is 0 Å². The molecule has 0 radical (unpaired) electrons. The molecule has 0 aliphatic rings. The fourth-order valence-corrected chi connectivity index (χ4v) is 2.42. The summed E-state index contributed by atoms with van der Waals surface area (Å²) in [6.07, 6.45) is 0.744. The largest absolute Gasteiger partial charge is 0.384 e. The van der Waals surface area contributed by atoms with Gasteiger partial charge in [-0.05, 0) is 35.9 Å². The summed E-state index contributed by atoms with van der Waals surface area (Å²) in [7, 11) is 0. The zero-order valence-corrected chi connectivity index (χ0v) is 10.7. The quantitative estimate of drug-likeness (QED) is 0.727. The van der Waals surface area contributed by atoms with Crippen LogP contribution in [0.3, 0.4) is 0 Å². The van der Waals surface area contributed by atoms with E-state index in [1.165, 1.54) is 18.2 Å². The Morgan fingerprint density at radius 3 is 2.79 bits per heavy atom. The van der Waals surface area contributed by atoms with Crippen LogP contribution in [0.25, 0.3) is 10.9 Å². The van der Waals surface area contributed by atoms with Crippen molar-refractivity contribution in [3.05, 3.63) is 70.6 Å². The number of benzene rings is 2. The Bertz CT molecular complexity index is 738. The predicted molar refractivity (Wildman–Crippen MR) is 73.8 cm³/mol. The number of nitrogens with one attached hydrogen (secondary N) is 1. The number of fused-ring (bicyclic) bond motifs is 1. The molecule has 96 valence electrons. The van der Waals surface area contributed by atoms with E-state index in [2.05, 4.69) is 4.98 Å². The third-order valence-electron chi connectivity index (χ3n) is 3.18. The van der Waals surface area contributed by atoms with Crippen LogP contribution in [0.2, 0.25) is 5.02 Å². The average Bonchev–Trinajstić information content (AvgIpc) is 2.89. The summed E-state index contributed by atoms with van der Waals surface area (Å²) in [5.74, 6) is -0.468. The third-order valence-corrected chi connectivity index (χ3v) is 3.41. The molecule has 2 N–H and O–H groups in total. The number of hydrogen-bond donors (Lipinski definition) is 2. The molecule has 0 amide bonds. The van der Waals surface area contributed by atoms with Crippen molar-refractivity contribution in [3.63, 3.8) is 0 Å². The van der Waals surface area contributed by atoms with Crippen molar-refractivity contribution in [3.8, 4) is 0 Å². The highest BCUT2D eigenvalue weighted by Crippen LogP contribution is 2.31. The fourth-order valence-electron chi connectivity index (χ4n) is 2.24. The van der Waals surface area contributed by atoms with Crippen LogP contribution < -0.4 is 0 Å². The van der Waals surface area contributed by atoms with Crippen molar-refractivity contribution in [1.82, 2.24) is 4.98 Å². The van der Waals surface area contributed by atoms with E-state index in [0.29, 0.717) is 10.6 Å². The summed E-state index contributed by atoms with van der Waals surface area (Å²) < 4.78 is 13.8. The minimum absolute atomic E-state index is 0.182. The molecule has 1 atom stereocenters. The number of hydrogen-bond acceptors (Lipinski definition) is 1. The van der Waals surface area contributed by atoms with Gasteiger partial charge in [0.05, 0.1) is 0 Å². The SMILES string of the molecule is OC(c1cc(Cl)ccc1F)c1cccc2[nH]ccc12. The molecule has 19 heavy (non-hydrogen) atoms. The molecule has 0 bridgehead atoms. The molecule has 1 aromatic heterocycles. The second-order valence-corrected chi connectivity index (χ2v) is 4.79. The Hall–Kier alpha value is -1.84. The fraction of sp³-hybridized carbons (Fsp3) is 0.0667. The standard InChI is InChI=1S/C15H11ClFNO/c16-9-4-5-13(17)12(8-9)15(19)11-2-1-3-14-10(11)6-7-18-14/h1-8,15,18-19H. The van der Waals surface area contributed by atoms with E-state index >= 15 is 0 Å². The molecule has 1 unspecified atom stereocenters. The number of aliphatic hydroxyl groups is 1. The van der Waals surface area contributed by atoms with E-state index in [-0.39, 0.29) is 5.56 Å². The Morgan fingerprint density at radius 2 is 1.95 bits per heavy atom. The van der Waals surface area contributed by atoms with Gasteiger partial charge in [-0.2, -0.15) is 0 Å². The first-order valence-electron chi connectivity index (χ1n) is 5.86. The first-order valence-corrected chi connectivity index (χ1v) is 6.23. The van der Waals surface area contributed by atoms with Gasteiger partial charge < -0.3 is 10.1 Å².